The van der Waals surface area contributed by atoms with Crippen LogP contribution in [0.4, 0.5) is 11.4 Å². The van der Waals surface area contributed by atoms with Crippen molar-refractivity contribution in [2.75, 3.05) is 23.3 Å². The summed E-state index contributed by atoms with van der Waals surface area (Å²) in [5.41, 5.74) is 7.58. The summed E-state index contributed by atoms with van der Waals surface area (Å²) in [4.78, 5) is 23.1. The fourth-order valence-corrected chi connectivity index (χ4v) is 4.92. The molecule has 1 amide bonds. The summed E-state index contributed by atoms with van der Waals surface area (Å²) < 4.78 is 29.8. The maximum absolute atomic E-state index is 13.1. The van der Waals surface area contributed by atoms with Crippen molar-refractivity contribution in [1.29, 1.82) is 0 Å². The number of sulfonamides is 1. The molecule has 0 saturated carbocycles. The number of carbonyl (C=O) groups is 1. The summed E-state index contributed by atoms with van der Waals surface area (Å²) in [7, 11) is -3.67. The number of nitrogens with zero attached hydrogens (tertiary/aromatic N) is 3. The number of ether oxygens (including phenoxy) is 1. The molecule has 10 nitrogen and oxygen atoms in total. The maximum Gasteiger partial charge on any atom is 0.261 e. The molecule has 1 aromatic carbocycles. The number of amides is 1. The van der Waals surface area contributed by atoms with Gasteiger partial charge in [0.1, 0.15) is 11.4 Å². The van der Waals surface area contributed by atoms with Crippen molar-refractivity contribution in [2.24, 2.45) is 10.9 Å². The molecule has 32 heavy (non-hydrogen) atoms. The Bertz CT molecular complexity index is 1180. The Morgan fingerprint density at radius 2 is 2.03 bits per heavy atom. The molecular formula is C21H26N6O4S. The largest absolute Gasteiger partial charge is 0.487 e. The summed E-state index contributed by atoms with van der Waals surface area (Å²) >= 11 is 0. The number of benzene rings is 1. The Hall–Kier alpha value is -3.18. The standard InChI is InChI=1S/C21H26N6O4S/c1-21(2)10-13-8-16(26-20(28)15(11-22)19-24-5-3-6-25-19)17(9-18(13)31-21)27-7-4-14(12-27)32(23,29)30/h3,5-6,8-9,11,14H,4,7,10,12,22H2,1-2H3,(H,26,28)(H2,23,29,30). The van der Waals surface area contributed by atoms with Crippen LogP contribution in [0.3, 0.4) is 0 Å². The molecule has 0 aliphatic carbocycles. The van der Waals surface area contributed by atoms with Gasteiger partial charge in [-0.3, -0.25) is 4.79 Å². The zero-order valence-electron chi connectivity index (χ0n) is 17.9. The first-order valence-corrected chi connectivity index (χ1v) is 11.8. The van der Waals surface area contributed by atoms with E-state index < -0.39 is 21.2 Å². The van der Waals surface area contributed by atoms with Crippen LogP contribution in [0.2, 0.25) is 0 Å². The van der Waals surface area contributed by atoms with Crippen molar-refractivity contribution in [2.45, 2.75) is 37.5 Å². The van der Waals surface area contributed by atoms with Gasteiger partial charge in [0.25, 0.3) is 5.91 Å². The third kappa shape index (κ3) is 4.39. The van der Waals surface area contributed by atoms with Gasteiger partial charge in [0.15, 0.2) is 5.82 Å². The third-order valence-corrected chi connectivity index (χ3v) is 6.91. The van der Waals surface area contributed by atoms with Crippen LogP contribution in [-0.4, -0.2) is 48.2 Å². The van der Waals surface area contributed by atoms with Gasteiger partial charge in [0.2, 0.25) is 10.0 Å². The van der Waals surface area contributed by atoms with Crippen LogP contribution in [0, 0.1) is 0 Å². The highest BCUT2D eigenvalue weighted by molar-refractivity contribution is 7.89. The second-order valence-corrected chi connectivity index (χ2v) is 10.4. The average molecular weight is 459 g/mol. The first kappa shape index (κ1) is 22.0. The summed E-state index contributed by atoms with van der Waals surface area (Å²) in [5.74, 6) is 0.443. The van der Waals surface area contributed by atoms with E-state index in [1.165, 1.54) is 12.4 Å². The Balaban J connectivity index is 1.69. The lowest BCUT2D eigenvalue weighted by Crippen LogP contribution is -2.32. The highest BCUT2D eigenvalue weighted by Crippen LogP contribution is 2.42. The third-order valence-electron chi connectivity index (χ3n) is 5.60. The summed E-state index contributed by atoms with van der Waals surface area (Å²) in [5, 5.41) is 7.59. The Morgan fingerprint density at radius 3 is 2.66 bits per heavy atom. The lowest BCUT2D eigenvalue weighted by molar-refractivity contribution is -0.111. The second kappa shape index (κ2) is 8.06. The van der Waals surface area contributed by atoms with Crippen molar-refractivity contribution < 1.29 is 17.9 Å². The van der Waals surface area contributed by atoms with E-state index >= 15 is 0 Å². The van der Waals surface area contributed by atoms with Gasteiger partial charge < -0.3 is 20.7 Å². The lowest BCUT2D eigenvalue weighted by Gasteiger charge is -2.23. The van der Waals surface area contributed by atoms with E-state index in [1.807, 2.05) is 30.9 Å². The van der Waals surface area contributed by atoms with Gasteiger partial charge in [0.05, 0.1) is 22.2 Å². The minimum absolute atomic E-state index is 0.123. The summed E-state index contributed by atoms with van der Waals surface area (Å²) in [6.07, 6.45) is 5.29. The van der Waals surface area contributed by atoms with Gasteiger partial charge in [-0.1, -0.05) is 0 Å². The van der Waals surface area contributed by atoms with Gasteiger partial charge in [-0.25, -0.2) is 23.5 Å². The number of hydrogen-bond donors (Lipinski definition) is 3. The molecule has 5 N–H and O–H groups in total. The normalized spacial score (nSPS) is 20.0. The van der Waals surface area contributed by atoms with Crippen molar-refractivity contribution in [3.63, 3.8) is 0 Å². The smallest absolute Gasteiger partial charge is 0.261 e. The SMILES string of the molecule is CC1(C)Cc2cc(NC(=O)C(=CN)c3ncccn3)c(N3CCC(S(N)(=O)=O)C3)cc2O1. The molecule has 1 unspecified atom stereocenters. The highest BCUT2D eigenvalue weighted by Gasteiger charge is 2.35. The van der Waals surface area contributed by atoms with E-state index in [4.69, 9.17) is 15.6 Å². The molecule has 1 aromatic heterocycles. The molecule has 2 aliphatic rings. The van der Waals surface area contributed by atoms with Crippen LogP contribution in [0.15, 0.2) is 36.8 Å². The molecule has 3 heterocycles. The van der Waals surface area contributed by atoms with E-state index in [-0.39, 0.29) is 23.5 Å². The molecule has 11 heteroatoms. The zero-order chi connectivity index (χ0) is 23.1. The molecule has 1 saturated heterocycles. The van der Waals surface area contributed by atoms with Crippen LogP contribution in [0.1, 0.15) is 31.7 Å². The first-order valence-electron chi connectivity index (χ1n) is 10.2. The quantitative estimate of drug-likeness (QED) is 0.561. The summed E-state index contributed by atoms with van der Waals surface area (Å²) in [6.45, 7) is 4.68. The van der Waals surface area contributed by atoms with Crippen LogP contribution in [0.25, 0.3) is 5.57 Å². The van der Waals surface area contributed by atoms with Crippen LogP contribution in [0.5, 0.6) is 5.75 Å². The number of nitrogens with one attached hydrogen (secondary N) is 1. The van der Waals surface area contributed by atoms with E-state index in [1.54, 1.807) is 6.07 Å². The fraction of sp³-hybridized carbons (Fsp3) is 0.381. The molecule has 0 bridgehead atoms. The van der Waals surface area contributed by atoms with Crippen LogP contribution >= 0.6 is 0 Å². The second-order valence-electron chi connectivity index (χ2n) is 8.57. The lowest BCUT2D eigenvalue weighted by atomic mass is 10.0. The number of primary sulfonamides is 1. The van der Waals surface area contributed by atoms with Crippen molar-refractivity contribution in [3.05, 3.63) is 48.2 Å². The predicted molar refractivity (Wildman–Crippen MR) is 121 cm³/mol. The predicted octanol–water partition coefficient (Wildman–Crippen LogP) is 0.996. The molecule has 4 rings (SSSR count). The van der Waals surface area contributed by atoms with E-state index in [0.717, 1.165) is 11.8 Å². The van der Waals surface area contributed by atoms with Gasteiger partial charge in [-0.2, -0.15) is 0 Å². The number of hydrogen-bond acceptors (Lipinski definition) is 8. The van der Waals surface area contributed by atoms with Crippen molar-refractivity contribution in [1.82, 2.24) is 9.97 Å². The molecule has 2 aliphatic heterocycles. The number of anilines is 2. The molecule has 2 aromatic rings. The van der Waals surface area contributed by atoms with Crippen molar-refractivity contribution >= 4 is 32.9 Å². The van der Waals surface area contributed by atoms with Gasteiger partial charge in [0, 0.05) is 49.7 Å². The minimum Gasteiger partial charge on any atom is -0.487 e. The number of carbonyl (C=O) groups excluding carboxylic acids is 1. The van der Waals surface area contributed by atoms with Gasteiger partial charge >= 0.3 is 0 Å². The van der Waals surface area contributed by atoms with E-state index in [9.17, 15) is 13.2 Å². The molecule has 0 radical (unpaired) electrons. The van der Waals surface area contributed by atoms with E-state index in [2.05, 4.69) is 15.3 Å². The van der Waals surface area contributed by atoms with Crippen LogP contribution in [-0.2, 0) is 21.2 Å². The highest BCUT2D eigenvalue weighted by atomic mass is 32.2. The molecule has 1 atom stereocenters. The molecule has 0 spiro atoms. The average Bonchev–Trinajstić information content (AvgIpc) is 3.32. The number of fused-ring (bicyclic) bond motifs is 1. The monoisotopic (exact) mass is 458 g/mol. The Kier molecular flexibility index (Phi) is 5.55. The van der Waals surface area contributed by atoms with Gasteiger partial charge in [-0.15, -0.1) is 0 Å². The van der Waals surface area contributed by atoms with Crippen molar-refractivity contribution in [3.8, 4) is 5.75 Å². The minimum atomic E-state index is -3.67. The van der Waals surface area contributed by atoms with Crippen LogP contribution < -0.4 is 25.8 Å². The Morgan fingerprint density at radius 1 is 1.31 bits per heavy atom. The first-order chi connectivity index (χ1) is 15.1. The summed E-state index contributed by atoms with van der Waals surface area (Å²) in [6, 6.07) is 5.35. The fourth-order valence-electron chi connectivity index (χ4n) is 4.10. The maximum atomic E-state index is 13.1. The van der Waals surface area contributed by atoms with Gasteiger partial charge in [-0.05, 0) is 32.4 Å². The molecular weight excluding hydrogens is 432 g/mol. The molecule has 170 valence electrons. The number of rotatable bonds is 5. The number of aromatic nitrogens is 2. The number of nitrogens with two attached hydrogens (primary N) is 2. The molecule has 1 fully saturated rings. The zero-order valence-corrected chi connectivity index (χ0v) is 18.7. The topological polar surface area (TPSA) is 154 Å². The van der Waals surface area contributed by atoms with E-state index in [0.29, 0.717) is 36.5 Å². The Labute approximate surface area is 186 Å².